The predicted octanol–water partition coefficient (Wildman–Crippen LogP) is 1.46. The Hall–Kier alpha value is -2.84. The van der Waals surface area contributed by atoms with Gasteiger partial charge < -0.3 is 15.2 Å². The van der Waals surface area contributed by atoms with Gasteiger partial charge in [-0.25, -0.2) is 4.31 Å². The van der Waals surface area contributed by atoms with Crippen molar-refractivity contribution in [2.45, 2.75) is 25.8 Å². The highest BCUT2D eigenvalue weighted by Gasteiger charge is 2.26. The van der Waals surface area contributed by atoms with Crippen molar-refractivity contribution in [1.82, 2.24) is 19.8 Å². The van der Waals surface area contributed by atoms with Gasteiger partial charge in [0.05, 0.1) is 19.2 Å². The van der Waals surface area contributed by atoms with Crippen LogP contribution < -0.4 is 10.6 Å². The number of carbonyl (C=O) groups is 2. The third-order valence-corrected chi connectivity index (χ3v) is 6.97. The first-order chi connectivity index (χ1) is 16.4. The Balaban J connectivity index is 1.50. The number of piperidine rings is 1. The smallest absolute Gasteiger partial charge is 0.240 e. The van der Waals surface area contributed by atoms with Crippen LogP contribution in [-0.4, -0.2) is 69.0 Å². The van der Waals surface area contributed by atoms with E-state index in [2.05, 4.69) is 58.9 Å². The van der Waals surface area contributed by atoms with Gasteiger partial charge in [-0.3, -0.25) is 18.7 Å². The van der Waals surface area contributed by atoms with Crippen molar-refractivity contribution in [3.8, 4) is 6.07 Å². The van der Waals surface area contributed by atoms with Gasteiger partial charge in [-0.15, -0.1) is 0 Å². The average molecular weight is 485 g/mol. The highest BCUT2D eigenvalue weighted by molar-refractivity contribution is 7.76. The number of nitriles is 1. The molecule has 1 heterocycles. The number of nitrogens with one attached hydrogen (secondary N) is 2. The van der Waals surface area contributed by atoms with E-state index >= 15 is 0 Å². The molecular weight excluding hydrogens is 454 g/mol. The van der Waals surface area contributed by atoms with E-state index in [0.717, 1.165) is 30.2 Å². The lowest BCUT2D eigenvalue weighted by Gasteiger charge is -2.38. The molecule has 1 aliphatic rings. The third kappa shape index (κ3) is 7.08. The molecule has 1 fully saturated rings. The van der Waals surface area contributed by atoms with E-state index in [1.165, 1.54) is 16.3 Å². The molecule has 34 heavy (non-hydrogen) atoms. The van der Waals surface area contributed by atoms with Crippen LogP contribution in [0.15, 0.2) is 42.5 Å². The number of hydrogen-bond acceptors (Lipinski definition) is 6. The molecular formula is C24H30N5O4S-. The summed E-state index contributed by atoms with van der Waals surface area (Å²) < 4.78 is 24.5. The van der Waals surface area contributed by atoms with Crippen LogP contribution in [0.3, 0.4) is 0 Å². The Bertz CT molecular complexity index is 1060. The molecule has 0 aromatic heterocycles. The number of nitrogens with zero attached hydrogens (tertiary/aromatic N) is 3. The van der Waals surface area contributed by atoms with Crippen molar-refractivity contribution in [2.75, 3.05) is 39.3 Å². The second-order valence-electron chi connectivity index (χ2n) is 8.47. The number of hydrogen-bond donors (Lipinski definition) is 2. The number of rotatable bonds is 10. The Labute approximate surface area is 202 Å². The third-order valence-electron chi connectivity index (χ3n) is 6.27. The summed E-state index contributed by atoms with van der Waals surface area (Å²) in [6.45, 7) is 3.37. The van der Waals surface area contributed by atoms with Gasteiger partial charge in [0, 0.05) is 23.9 Å². The highest BCUT2D eigenvalue weighted by atomic mass is 32.2. The van der Waals surface area contributed by atoms with Crippen LogP contribution in [0.4, 0.5) is 0 Å². The van der Waals surface area contributed by atoms with Crippen LogP contribution in [0, 0.1) is 17.2 Å². The lowest BCUT2D eigenvalue weighted by atomic mass is 9.93. The molecule has 0 bridgehead atoms. The van der Waals surface area contributed by atoms with Gasteiger partial charge >= 0.3 is 0 Å². The van der Waals surface area contributed by atoms with Gasteiger partial charge in [0.2, 0.25) is 11.8 Å². The molecule has 2 N–H and O–H groups in total. The molecule has 2 aromatic rings. The van der Waals surface area contributed by atoms with Crippen LogP contribution in [-0.2, 0) is 20.9 Å². The second-order valence-corrected chi connectivity index (χ2v) is 9.43. The quantitative estimate of drug-likeness (QED) is 0.388. The Morgan fingerprint density at radius 1 is 1.18 bits per heavy atom. The molecule has 0 aliphatic carbocycles. The summed E-state index contributed by atoms with van der Waals surface area (Å²) in [4.78, 5) is 26.0. The van der Waals surface area contributed by atoms with E-state index in [1.807, 2.05) is 6.07 Å². The second kappa shape index (κ2) is 12.6. The number of likely N-dealkylation sites (tertiary alicyclic amines) is 1. The summed E-state index contributed by atoms with van der Waals surface area (Å²) in [5.41, 5.74) is 1.29. The Morgan fingerprint density at radius 3 is 2.59 bits per heavy atom. The van der Waals surface area contributed by atoms with E-state index in [0.29, 0.717) is 0 Å². The lowest BCUT2D eigenvalue weighted by molar-refractivity contribution is -0.126. The largest absolute Gasteiger partial charge is 0.760 e. The van der Waals surface area contributed by atoms with E-state index in [-0.39, 0.29) is 38.1 Å². The number of amides is 2. The zero-order valence-electron chi connectivity index (χ0n) is 19.2. The van der Waals surface area contributed by atoms with Crippen LogP contribution in [0.1, 0.15) is 31.4 Å². The van der Waals surface area contributed by atoms with Crippen molar-refractivity contribution in [3.63, 3.8) is 0 Å². The molecule has 3 rings (SSSR count). The molecule has 0 spiro atoms. The fourth-order valence-electron chi connectivity index (χ4n) is 4.40. The van der Waals surface area contributed by atoms with Crippen molar-refractivity contribution in [3.05, 3.63) is 48.0 Å². The van der Waals surface area contributed by atoms with Crippen LogP contribution in [0.5, 0.6) is 0 Å². The summed E-state index contributed by atoms with van der Waals surface area (Å²) in [6, 6.07) is 16.7. The molecule has 0 radical (unpaired) electrons. The maximum Gasteiger partial charge on any atom is 0.240 e. The molecule has 10 heteroatoms. The van der Waals surface area contributed by atoms with Gasteiger partial charge in [-0.1, -0.05) is 42.5 Å². The molecule has 1 aliphatic heterocycles. The van der Waals surface area contributed by atoms with Crippen molar-refractivity contribution in [1.29, 1.82) is 5.26 Å². The SMILES string of the molecule is CC(c1cccc2ccccc12)N1CCC(CN(CC(=O)NCC(=O)NCC#N)S(=O)[O-])CC1. The van der Waals surface area contributed by atoms with Gasteiger partial charge in [0.15, 0.2) is 0 Å². The van der Waals surface area contributed by atoms with Gasteiger partial charge in [-0.2, -0.15) is 5.26 Å². The normalized spacial score (nSPS) is 16.6. The zero-order valence-corrected chi connectivity index (χ0v) is 20.1. The summed E-state index contributed by atoms with van der Waals surface area (Å²) in [5, 5.41) is 15.6. The summed E-state index contributed by atoms with van der Waals surface area (Å²) in [6.07, 6.45) is 1.67. The van der Waals surface area contributed by atoms with Crippen molar-refractivity contribution >= 4 is 33.9 Å². The van der Waals surface area contributed by atoms with E-state index in [9.17, 15) is 18.4 Å². The minimum absolute atomic E-state index is 0.150. The van der Waals surface area contributed by atoms with Gasteiger partial charge in [-0.05, 0) is 55.1 Å². The highest BCUT2D eigenvalue weighted by Crippen LogP contribution is 2.31. The standard InChI is InChI=1S/C24H31N5O4S/c1-18(21-8-4-6-20-5-2-3-7-22(20)21)28-13-9-19(10-14-28)16-29(34(32)33)17-24(31)27-15-23(30)26-12-11-25/h2-8,18-19H,9-10,12-17H2,1H3,(H,26,30)(H,27,31)(H,32,33)/p-1. The van der Waals surface area contributed by atoms with Crippen LogP contribution in [0.25, 0.3) is 10.8 Å². The predicted molar refractivity (Wildman–Crippen MR) is 129 cm³/mol. The summed E-state index contributed by atoms with van der Waals surface area (Å²) in [7, 11) is 0. The molecule has 1 saturated heterocycles. The van der Waals surface area contributed by atoms with Crippen LogP contribution in [0.2, 0.25) is 0 Å². The molecule has 182 valence electrons. The van der Waals surface area contributed by atoms with Gasteiger partial charge in [0.1, 0.15) is 6.54 Å². The number of fused-ring (bicyclic) bond motifs is 1. The van der Waals surface area contributed by atoms with Gasteiger partial charge in [0.25, 0.3) is 0 Å². The molecule has 2 atom stereocenters. The molecule has 9 nitrogen and oxygen atoms in total. The summed E-state index contributed by atoms with van der Waals surface area (Å²) in [5.74, 6) is -0.906. The molecule has 2 unspecified atom stereocenters. The first-order valence-corrected chi connectivity index (χ1v) is 12.4. The Morgan fingerprint density at radius 2 is 1.88 bits per heavy atom. The van der Waals surface area contributed by atoms with Crippen molar-refractivity contribution < 1.29 is 18.4 Å². The first-order valence-electron chi connectivity index (χ1n) is 11.4. The number of carbonyl (C=O) groups excluding carboxylic acids is 2. The minimum Gasteiger partial charge on any atom is -0.760 e. The topological polar surface area (TPSA) is 129 Å². The van der Waals surface area contributed by atoms with Crippen LogP contribution >= 0.6 is 0 Å². The molecule has 0 saturated carbocycles. The Kier molecular flexibility index (Phi) is 9.53. The maximum atomic E-state index is 12.1. The fourth-order valence-corrected chi connectivity index (χ4v) is 4.95. The van der Waals surface area contributed by atoms with Crippen molar-refractivity contribution in [2.24, 2.45) is 5.92 Å². The maximum absolute atomic E-state index is 12.1. The fraction of sp³-hybridized carbons (Fsp3) is 0.458. The molecule has 2 aromatic carbocycles. The number of benzene rings is 2. The minimum atomic E-state index is -2.54. The average Bonchev–Trinajstić information content (AvgIpc) is 2.85. The van der Waals surface area contributed by atoms with E-state index in [4.69, 9.17) is 5.26 Å². The van der Waals surface area contributed by atoms with E-state index in [1.54, 1.807) is 6.07 Å². The molecule has 2 amide bonds. The first kappa shape index (κ1) is 25.8. The summed E-state index contributed by atoms with van der Waals surface area (Å²) >= 11 is -2.54. The zero-order chi connectivity index (χ0) is 24.5. The monoisotopic (exact) mass is 484 g/mol. The van der Waals surface area contributed by atoms with E-state index < -0.39 is 23.1 Å². The lowest BCUT2D eigenvalue weighted by Crippen LogP contribution is -2.45.